The van der Waals surface area contributed by atoms with E-state index in [4.69, 9.17) is 0 Å². The van der Waals surface area contributed by atoms with Crippen LogP contribution in [0.25, 0.3) is 0 Å². The molecule has 0 saturated carbocycles. The molecule has 0 saturated heterocycles. The number of hydrogen-bond acceptors (Lipinski definition) is 2. The first-order valence-electron chi connectivity index (χ1n) is 9.30. The molecule has 0 bridgehead atoms. The van der Waals surface area contributed by atoms with E-state index in [9.17, 15) is 10.2 Å². The lowest BCUT2D eigenvalue weighted by Crippen LogP contribution is -1.88. The van der Waals surface area contributed by atoms with Crippen molar-refractivity contribution in [1.82, 2.24) is 0 Å². The van der Waals surface area contributed by atoms with Crippen LogP contribution in [0.15, 0.2) is 48.5 Å². The van der Waals surface area contributed by atoms with Gasteiger partial charge >= 0.3 is 0 Å². The summed E-state index contributed by atoms with van der Waals surface area (Å²) >= 11 is 0. The lowest BCUT2D eigenvalue weighted by molar-refractivity contribution is 0.449. The van der Waals surface area contributed by atoms with Crippen LogP contribution in [0.2, 0.25) is 0 Å². The summed E-state index contributed by atoms with van der Waals surface area (Å²) in [7, 11) is 0. The van der Waals surface area contributed by atoms with Gasteiger partial charge in [0.05, 0.1) is 0 Å². The number of rotatable bonds is 11. The van der Waals surface area contributed by atoms with Crippen LogP contribution in [-0.4, -0.2) is 10.2 Å². The van der Waals surface area contributed by atoms with Gasteiger partial charge in [0.1, 0.15) is 11.5 Å². The molecule has 0 aliphatic carbocycles. The van der Waals surface area contributed by atoms with Gasteiger partial charge in [0.15, 0.2) is 0 Å². The summed E-state index contributed by atoms with van der Waals surface area (Å²) in [6, 6.07) is 15.6. The summed E-state index contributed by atoms with van der Waals surface area (Å²) in [5.74, 6) is 0.306. The second-order valence-electron chi connectivity index (χ2n) is 6.67. The maximum Gasteiger partial charge on any atom is 0.119 e. The minimum Gasteiger partial charge on any atom is -0.508 e. The zero-order valence-corrected chi connectivity index (χ0v) is 14.6. The lowest BCUT2D eigenvalue weighted by Gasteiger charge is -2.05. The zero-order valence-electron chi connectivity index (χ0n) is 14.6. The maximum atomic E-state index is 9.45. The molecule has 130 valence electrons. The third-order valence-corrected chi connectivity index (χ3v) is 4.49. The molecule has 0 aliphatic heterocycles. The Bertz CT molecular complexity index is 558. The molecule has 0 heterocycles. The van der Waals surface area contributed by atoms with E-state index >= 15 is 0 Å². The van der Waals surface area contributed by atoms with Gasteiger partial charge in [-0.3, -0.25) is 0 Å². The van der Waals surface area contributed by atoms with Gasteiger partial charge in [0, 0.05) is 6.07 Å². The van der Waals surface area contributed by atoms with Crippen molar-refractivity contribution in [3.05, 3.63) is 59.7 Å². The molecule has 0 aromatic heterocycles. The molecule has 0 amide bonds. The van der Waals surface area contributed by atoms with Crippen LogP contribution in [0.3, 0.4) is 0 Å². The first-order chi connectivity index (χ1) is 11.7. The molecule has 24 heavy (non-hydrogen) atoms. The molecule has 0 aliphatic rings. The van der Waals surface area contributed by atoms with E-state index in [-0.39, 0.29) is 11.5 Å². The Morgan fingerprint density at radius 3 is 1.50 bits per heavy atom. The highest BCUT2D eigenvalue weighted by Gasteiger charge is 1.99. The number of hydrogen-bond donors (Lipinski definition) is 2. The van der Waals surface area contributed by atoms with Crippen molar-refractivity contribution in [3.63, 3.8) is 0 Å². The fourth-order valence-corrected chi connectivity index (χ4v) is 3.16. The minimum absolute atomic E-state index is 0.153. The SMILES string of the molecule is Oc1cc(O)cc(CCCCCCCCCCc2ccccc2)c1. The second kappa shape index (κ2) is 10.7. The molecule has 0 radical (unpaired) electrons. The highest BCUT2D eigenvalue weighted by Crippen LogP contribution is 2.22. The normalized spacial score (nSPS) is 10.8. The predicted molar refractivity (Wildman–Crippen MR) is 101 cm³/mol. The summed E-state index contributed by atoms with van der Waals surface area (Å²) in [5, 5.41) is 18.9. The number of benzene rings is 2. The average Bonchev–Trinajstić information content (AvgIpc) is 2.56. The van der Waals surface area contributed by atoms with E-state index in [1.807, 2.05) is 0 Å². The Hall–Kier alpha value is -1.96. The van der Waals surface area contributed by atoms with Crippen molar-refractivity contribution in [1.29, 1.82) is 0 Å². The molecule has 2 rings (SSSR count). The molecule has 2 aromatic carbocycles. The van der Waals surface area contributed by atoms with Crippen molar-refractivity contribution >= 4 is 0 Å². The van der Waals surface area contributed by atoms with Crippen molar-refractivity contribution in [3.8, 4) is 11.5 Å². The van der Waals surface area contributed by atoms with E-state index in [0.717, 1.165) is 18.4 Å². The Morgan fingerprint density at radius 2 is 0.958 bits per heavy atom. The van der Waals surface area contributed by atoms with Crippen LogP contribution in [0, 0.1) is 0 Å². The molecule has 0 spiro atoms. The summed E-state index contributed by atoms with van der Waals surface area (Å²) in [4.78, 5) is 0. The third kappa shape index (κ3) is 7.54. The largest absolute Gasteiger partial charge is 0.508 e. The van der Waals surface area contributed by atoms with Gasteiger partial charge in [-0.15, -0.1) is 0 Å². The summed E-state index contributed by atoms with van der Waals surface area (Å²) in [6.07, 6.45) is 12.4. The van der Waals surface area contributed by atoms with E-state index in [1.165, 1.54) is 63.0 Å². The molecule has 0 atom stereocenters. The Labute approximate surface area is 146 Å². The first kappa shape index (κ1) is 18.4. The van der Waals surface area contributed by atoms with Crippen molar-refractivity contribution in [2.75, 3.05) is 0 Å². The van der Waals surface area contributed by atoms with Gasteiger partial charge in [0.25, 0.3) is 0 Å². The second-order valence-corrected chi connectivity index (χ2v) is 6.67. The molecule has 0 fully saturated rings. The number of phenolic OH excluding ortho intramolecular Hbond substituents is 2. The van der Waals surface area contributed by atoms with E-state index in [2.05, 4.69) is 30.3 Å². The summed E-state index contributed by atoms with van der Waals surface area (Å²) in [6.45, 7) is 0. The lowest BCUT2D eigenvalue weighted by atomic mass is 10.0. The van der Waals surface area contributed by atoms with Crippen LogP contribution in [0.5, 0.6) is 11.5 Å². The average molecular weight is 326 g/mol. The maximum absolute atomic E-state index is 9.45. The Morgan fingerprint density at radius 1 is 0.500 bits per heavy atom. The number of unbranched alkanes of at least 4 members (excludes halogenated alkanes) is 7. The number of phenols is 2. The Kier molecular flexibility index (Phi) is 8.23. The smallest absolute Gasteiger partial charge is 0.119 e. The zero-order chi connectivity index (χ0) is 17.0. The van der Waals surface area contributed by atoms with Crippen molar-refractivity contribution in [2.45, 2.75) is 64.2 Å². The van der Waals surface area contributed by atoms with Crippen LogP contribution in [0.4, 0.5) is 0 Å². The summed E-state index contributed by atoms with van der Waals surface area (Å²) < 4.78 is 0. The molecule has 2 N–H and O–H groups in total. The van der Waals surface area contributed by atoms with Crippen molar-refractivity contribution in [2.24, 2.45) is 0 Å². The third-order valence-electron chi connectivity index (χ3n) is 4.49. The highest BCUT2D eigenvalue weighted by atomic mass is 16.3. The van der Waals surface area contributed by atoms with Crippen LogP contribution in [-0.2, 0) is 12.8 Å². The summed E-state index contributed by atoms with van der Waals surface area (Å²) in [5.41, 5.74) is 2.48. The van der Waals surface area contributed by atoms with Gasteiger partial charge < -0.3 is 10.2 Å². The van der Waals surface area contributed by atoms with Crippen LogP contribution in [0.1, 0.15) is 62.5 Å². The molecule has 2 aromatic rings. The van der Waals surface area contributed by atoms with E-state index in [1.54, 1.807) is 12.1 Å². The standard InChI is InChI=1S/C22H30O2/c23-21-16-20(17-22(24)18-21)15-9-6-4-2-1-3-5-8-12-19-13-10-7-11-14-19/h7,10-11,13-14,16-18,23-24H,1-6,8-9,12,15H2. The Balaban J connectivity index is 1.43. The fourth-order valence-electron chi connectivity index (χ4n) is 3.16. The van der Waals surface area contributed by atoms with Gasteiger partial charge in [-0.05, 0) is 48.9 Å². The van der Waals surface area contributed by atoms with Gasteiger partial charge in [-0.1, -0.05) is 68.9 Å². The van der Waals surface area contributed by atoms with Gasteiger partial charge in [-0.2, -0.15) is 0 Å². The molecule has 2 heteroatoms. The topological polar surface area (TPSA) is 40.5 Å². The minimum atomic E-state index is 0.153. The van der Waals surface area contributed by atoms with Crippen molar-refractivity contribution < 1.29 is 10.2 Å². The molecular formula is C22H30O2. The van der Waals surface area contributed by atoms with E-state index < -0.39 is 0 Å². The van der Waals surface area contributed by atoms with Gasteiger partial charge in [0.2, 0.25) is 0 Å². The molecular weight excluding hydrogens is 296 g/mol. The quantitative estimate of drug-likeness (QED) is 0.497. The van der Waals surface area contributed by atoms with E-state index in [0.29, 0.717) is 0 Å². The molecule has 0 unspecified atom stereocenters. The predicted octanol–water partition coefficient (Wildman–Crippen LogP) is 6.00. The fraction of sp³-hybridized carbons (Fsp3) is 0.455. The van der Waals surface area contributed by atoms with Gasteiger partial charge in [-0.25, -0.2) is 0 Å². The van der Waals surface area contributed by atoms with Crippen LogP contribution < -0.4 is 0 Å². The van der Waals surface area contributed by atoms with Crippen LogP contribution >= 0.6 is 0 Å². The first-order valence-corrected chi connectivity index (χ1v) is 9.30. The highest BCUT2D eigenvalue weighted by molar-refractivity contribution is 5.36. The monoisotopic (exact) mass is 326 g/mol. The number of aromatic hydroxyl groups is 2. The number of aryl methyl sites for hydroxylation is 2. The molecule has 2 nitrogen and oxygen atoms in total.